The van der Waals surface area contributed by atoms with E-state index >= 15 is 0 Å². The predicted molar refractivity (Wildman–Crippen MR) is 58.1 cm³/mol. The smallest absolute Gasteiger partial charge is 0.328 e. The van der Waals surface area contributed by atoms with Gasteiger partial charge in [-0.3, -0.25) is 9.36 Å². The van der Waals surface area contributed by atoms with E-state index in [0.29, 0.717) is 17.6 Å². The Balaban J connectivity index is 2.62. The third-order valence-electron chi connectivity index (χ3n) is 2.43. The standard InChI is InChI=1S/C10H13N3O2/c1-2-3-6-13-9(14)8-7(4-5-11-8)12-10(13)15/h4-5,11H,2-3,6H2,1H3,(H,12,15). The minimum Gasteiger partial charge on any atom is -0.355 e. The van der Waals surface area contributed by atoms with E-state index in [4.69, 9.17) is 0 Å². The largest absolute Gasteiger partial charge is 0.355 e. The van der Waals surface area contributed by atoms with Crippen molar-refractivity contribution in [2.75, 3.05) is 0 Å². The lowest BCUT2D eigenvalue weighted by molar-refractivity contribution is 0.588. The van der Waals surface area contributed by atoms with Crippen molar-refractivity contribution in [1.82, 2.24) is 14.5 Å². The molecular weight excluding hydrogens is 194 g/mol. The van der Waals surface area contributed by atoms with E-state index < -0.39 is 0 Å². The van der Waals surface area contributed by atoms with Crippen LogP contribution in [0.3, 0.4) is 0 Å². The van der Waals surface area contributed by atoms with Crippen LogP contribution in [-0.4, -0.2) is 14.5 Å². The number of hydrogen-bond donors (Lipinski definition) is 2. The number of aromatic amines is 2. The lowest BCUT2D eigenvalue weighted by Gasteiger charge is -2.02. The SMILES string of the molecule is CCCCn1c(=O)[nH]c2cc[nH]c2c1=O. The molecule has 0 aromatic carbocycles. The molecule has 0 radical (unpaired) electrons. The molecule has 0 saturated carbocycles. The van der Waals surface area contributed by atoms with Crippen LogP contribution in [-0.2, 0) is 6.54 Å². The molecule has 15 heavy (non-hydrogen) atoms. The molecule has 0 saturated heterocycles. The summed E-state index contributed by atoms with van der Waals surface area (Å²) in [5, 5.41) is 0. The van der Waals surface area contributed by atoms with E-state index in [9.17, 15) is 9.59 Å². The molecule has 2 N–H and O–H groups in total. The average molecular weight is 207 g/mol. The maximum absolute atomic E-state index is 11.8. The second-order valence-corrected chi connectivity index (χ2v) is 3.51. The Bertz CT molecular complexity index is 576. The van der Waals surface area contributed by atoms with Crippen molar-refractivity contribution in [3.05, 3.63) is 33.1 Å². The van der Waals surface area contributed by atoms with Gasteiger partial charge in [-0.25, -0.2) is 4.79 Å². The minimum absolute atomic E-state index is 0.243. The number of fused-ring (bicyclic) bond motifs is 1. The van der Waals surface area contributed by atoms with Gasteiger partial charge in [0.05, 0.1) is 5.52 Å². The molecule has 2 aromatic rings. The fourth-order valence-electron chi connectivity index (χ4n) is 1.58. The molecule has 5 heteroatoms. The Labute approximate surface area is 85.8 Å². The summed E-state index contributed by atoms with van der Waals surface area (Å²) in [5.41, 5.74) is 0.455. The zero-order chi connectivity index (χ0) is 10.8. The molecular formula is C10H13N3O2. The summed E-state index contributed by atoms with van der Waals surface area (Å²) in [6.07, 6.45) is 3.43. The van der Waals surface area contributed by atoms with Crippen LogP contribution in [0.1, 0.15) is 19.8 Å². The summed E-state index contributed by atoms with van der Waals surface area (Å²) in [6, 6.07) is 1.68. The predicted octanol–water partition coefficient (Wildman–Crippen LogP) is 0.818. The summed E-state index contributed by atoms with van der Waals surface area (Å²) in [4.78, 5) is 28.9. The maximum atomic E-state index is 11.8. The van der Waals surface area contributed by atoms with E-state index in [1.165, 1.54) is 4.57 Å². The van der Waals surface area contributed by atoms with Crippen LogP contribution >= 0.6 is 0 Å². The molecule has 0 aliphatic carbocycles. The number of aromatic nitrogens is 3. The van der Waals surface area contributed by atoms with E-state index in [2.05, 4.69) is 9.97 Å². The number of nitrogens with one attached hydrogen (secondary N) is 2. The first-order valence-electron chi connectivity index (χ1n) is 5.04. The van der Waals surface area contributed by atoms with Crippen molar-refractivity contribution >= 4 is 11.0 Å². The molecule has 2 aromatic heterocycles. The van der Waals surface area contributed by atoms with Gasteiger partial charge in [0.2, 0.25) is 0 Å². The van der Waals surface area contributed by atoms with Crippen LogP contribution in [0.5, 0.6) is 0 Å². The normalized spacial score (nSPS) is 11.0. The Morgan fingerprint density at radius 2 is 2.20 bits per heavy atom. The molecule has 0 amide bonds. The molecule has 0 spiro atoms. The summed E-state index contributed by atoms with van der Waals surface area (Å²) >= 11 is 0. The van der Waals surface area contributed by atoms with Gasteiger partial charge < -0.3 is 9.97 Å². The lowest BCUT2D eigenvalue weighted by atomic mass is 10.3. The van der Waals surface area contributed by atoms with Gasteiger partial charge in [-0.15, -0.1) is 0 Å². The first kappa shape index (κ1) is 9.76. The van der Waals surface area contributed by atoms with E-state index in [0.717, 1.165) is 12.8 Å². The minimum atomic E-state index is -0.333. The Kier molecular flexibility index (Phi) is 2.45. The lowest BCUT2D eigenvalue weighted by Crippen LogP contribution is -2.34. The van der Waals surface area contributed by atoms with Gasteiger partial charge in [-0.05, 0) is 12.5 Å². The first-order chi connectivity index (χ1) is 7.24. The fourth-order valence-corrected chi connectivity index (χ4v) is 1.58. The summed E-state index contributed by atoms with van der Waals surface area (Å²) in [5.74, 6) is 0. The molecule has 0 bridgehead atoms. The Hall–Kier alpha value is -1.78. The maximum Gasteiger partial charge on any atom is 0.328 e. The van der Waals surface area contributed by atoms with Gasteiger partial charge in [0.15, 0.2) is 0 Å². The highest BCUT2D eigenvalue weighted by molar-refractivity contribution is 5.73. The van der Waals surface area contributed by atoms with Crippen molar-refractivity contribution in [1.29, 1.82) is 0 Å². The topological polar surface area (TPSA) is 70.7 Å². The molecule has 0 aliphatic heterocycles. The number of H-pyrrole nitrogens is 2. The van der Waals surface area contributed by atoms with E-state index in [1.807, 2.05) is 6.92 Å². The van der Waals surface area contributed by atoms with E-state index in [1.54, 1.807) is 12.3 Å². The molecule has 0 aliphatic rings. The van der Waals surface area contributed by atoms with Crippen LogP contribution in [0.25, 0.3) is 11.0 Å². The van der Waals surface area contributed by atoms with Crippen LogP contribution in [0, 0.1) is 0 Å². The highest BCUT2D eigenvalue weighted by atomic mass is 16.2. The summed E-state index contributed by atoms with van der Waals surface area (Å²) < 4.78 is 1.24. The fraction of sp³-hybridized carbons (Fsp3) is 0.400. The molecule has 5 nitrogen and oxygen atoms in total. The molecule has 80 valence electrons. The van der Waals surface area contributed by atoms with E-state index in [-0.39, 0.29) is 11.2 Å². The molecule has 0 fully saturated rings. The van der Waals surface area contributed by atoms with Gasteiger partial charge in [0.1, 0.15) is 5.52 Å². The molecule has 0 unspecified atom stereocenters. The summed E-state index contributed by atoms with van der Waals surface area (Å²) in [6.45, 7) is 2.49. The third-order valence-corrected chi connectivity index (χ3v) is 2.43. The quantitative estimate of drug-likeness (QED) is 0.782. The third kappa shape index (κ3) is 1.60. The number of nitrogens with zero attached hydrogens (tertiary/aromatic N) is 1. The number of unbranched alkanes of at least 4 members (excludes halogenated alkanes) is 1. The second-order valence-electron chi connectivity index (χ2n) is 3.51. The van der Waals surface area contributed by atoms with Gasteiger partial charge in [0.25, 0.3) is 5.56 Å². The Morgan fingerprint density at radius 3 is 2.93 bits per heavy atom. The van der Waals surface area contributed by atoms with Crippen LogP contribution in [0.15, 0.2) is 21.9 Å². The van der Waals surface area contributed by atoms with Crippen molar-refractivity contribution in [3.63, 3.8) is 0 Å². The van der Waals surface area contributed by atoms with Crippen molar-refractivity contribution in [2.45, 2.75) is 26.3 Å². The van der Waals surface area contributed by atoms with Crippen LogP contribution in [0.2, 0.25) is 0 Å². The number of hydrogen-bond acceptors (Lipinski definition) is 2. The zero-order valence-electron chi connectivity index (χ0n) is 8.54. The van der Waals surface area contributed by atoms with Gasteiger partial charge in [-0.1, -0.05) is 13.3 Å². The van der Waals surface area contributed by atoms with Crippen molar-refractivity contribution in [3.8, 4) is 0 Å². The highest BCUT2D eigenvalue weighted by Crippen LogP contribution is 2.00. The summed E-state index contributed by atoms with van der Waals surface area (Å²) in [7, 11) is 0. The molecule has 2 rings (SSSR count). The zero-order valence-corrected chi connectivity index (χ0v) is 8.54. The first-order valence-corrected chi connectivity index (χ1v) is 5.04. The van der Waals surface area contributed by atoms with Crippen LogP contribution in [0.4, 0.5) is 0 Å². The van der Waals surface area contributed by atoms with Crippen LogP contribution < -0.4 is 11.2 Å². The highest BCUT2D eigenvalue weighted by Gasteiger charge is 2.06. The van der Waals surface area contributed by atoms with Crippen molar-refractivity contribution < 1.29 is 0 Å². The Morgan fingerprint density at radius 1 is 1.40 bits per heavy atom. The van der Waals surface area contributed by atoms with Gasteiger partial charge >= 0.3 is 5.69 Å². The molecule has 2 heterocycles. The van der Waals surface area contributed by atoms with Gasteiger partial charge in [0, 0.05) is 12.7 Å². The van der Waals surface area contributed by atoms with Crippen molar-refractivity contribution in [2.24, 2.45) is 0 Å². The monoisotopic (exact) mass is 207 g/mol. The second kappa shape index (κ2) is 3.76. The average Bonchev–Trinajstić information content (AvgIpc) is 2.65. The van der Waals surface area contributed by atoms with Gasteiger partial charge in [-0.2, -0.15) is 0 Å². The molecule has 0 atom stereocenters. The number of rotatable bonds is 3.